The smallest absolute Gasteiger partial charge is 0.264 e. The van der Waals surface area contributed by atoms with Crippen molar-refractivity contribution in [2.75, 3.05) is 13.1 Å². The lowest BCUT2D eigenvalue weighted by atomic mass is 9.98. The van der Waals surface area contributed by atoms with Crippen LogP contribution in [0.2, 0.25) is 0 Å². The first-order chi connectivity index (χ1) is 12.8. The van der Waals surface area contributed by atoms with Crippen LogP contribution in [0.4, 0.5) is 0 Å². The highest BCUT2D eigenvalue weighted by Crippen LogP contribution is 2.34. The Kier molecular flexibility index (Phi) is 3.89. The molecule has 3 heterocycles. The second kappa shape index (κ2) is 6.40. The molecule has 4 nitrogen and oxygen atoms in total. The summed E-state index contributed by atoms with van der Waals surface area (Å²) in [5.41, 5.74) is 2.19. The summed E-state index contributed by atoms with van der Waals surface area (Å²) in [4.78, 5) is 19.8. The van der Waals surface area contributed by atoms with E-state index in [4.69, 9.17) is 9.72 Å². The molecule has 2 aromatic carbocycles. The fourth-order valence-corrected chi connectivity index (χ4v) is 5.06. The maximum atomic E-state index is 13.0. The first kappa shape index (κ1) is 15.8. The molecule has 0 saturated carbocycles. The molecular formula is C21H20N2O2S. The van der Waals surface area contributed by atoms with Gasteiger partial charge in [0, 0.05) is 25.4 Å². The SMILES string of the molecule is O=C(C1Cc2ccccc2O1)N1CCCC(c2nc3ccccc3s2)C1. The average molecular weight is 364 g/mol. The van der Waals surface area contributed by atoms with Crippen molar-refractivity contribution in [1.82, 2.24) is 9.88 Å². The van der Waals surface area contributed by atoms with Crippen LogP contribution in [0.1, 0.15) is 29.3 Å². The van der Waals surface area contributed by atoms with E-state index in [2.05, 4.69) is 18.2 Å². The molecule has 5 heteroatoms. The highest BCUT2D eigenvalue weighted by atomic mass is 32.1. The molecule has 0 N–H and O–H groups in total. The summed E-state index contributed by atoms with van der Waals surface area (Å²) in [6.07, 6.45) is 2.42. The van der Waals surface area contributed by atoms with E-state index in [0.717, 1.165) is 47.8 Å². The van der Waals surface area contributed by atoms with Crippen molar-refractivity contribution in [2.24, 2.45) is 0 Å². The molecule has 2 unspecified atom stereocenters. The minimum absolute atomic E-state index is 0.118. The molecule has 0 aliphatic carbocycles. The second-order valence-electron chi connectivity index (χ2n) is 7.06. The van der Waals surface area contributed by atoms with E-state index in [-0.39, 0.29) is 12.0 Å². The lowest BCUT2D eigenvalue weighted by Gasteiger charge is -2.33. The van der Waals surface area contributed by atoms with Crippen LogP contribution in [0.15, 0.2) is 48.5 Å². The molecule has 26 heavy (non-hydrogen) atoms. The van der Waals surface area contributed by atoms with Crippen LogP contribution in [0.25, 0.3) is 10.2 Å². The van der Waals surface area contributed by atoms with E-state index in [1.165, 1.54) is 4.70 Å². The number of fused-ring (bicyclic) bond motifs is 2. The van der Waals surface area contributed by atoms with Crippen molar-refractivity contribution in [1.29, 1.82) is 0 Å². The Bertz CT molecular complexity index is 909. The van der Waals surface area contributed by atoms with Crippen LogP contribution in [0.5, 0.6) is 5.75 Å². The Balaban J connectivity index is 1.32. The average Bonchev–Trinajstić information content (AvgIpc) is 3.31. The number of carbonyl (C=O) groups excluding carboxylic acids is 1. The standard InChI is InChI=1S/C21H20N2O2S/c24-21(18-12-14-6-1-3-9-17(14)25-18)23-11-5-7-15(13-23)20-22-16-8-2-4-10-19(16)26-20/h1-4,6,8-10,15,18H,5,7,11-13H2. The van der Waals surface area contributed by atoms with Crippen molar-refractivity contribution in [3.63, 3.8) is 0 Å². The number of aromatic nitrogens is 1. The molecular weight excluding hydrogens is 344 g/mol. The molecule has 1 fully saturated rings. The molecule has 3 aromatic rings. The molecule has 0 bridgehead atoms. The van der Waals surface area contributed by atoms with Crippen LogP contribution in [0.3, 0.4) is 0 Å². The largest absolute Gasteiger partial charge is 0.480 e. The van der Waals surface area contributed by atoms with E-state index in [1.807, 2.05) is 35.2 Å². The number of piperidine rings is 1. The first-order valence-electron chi connectivity index (χ1n) is 9.17. The van der Waals surface area contributed by atoms with Crippen LogP contribution in [-0.2, 0) is 11.2 Å². The summed E-state index contributed by atoms with van der Waals surface area (Å²) >= 11 is 1.76. The number of ether oxygens (including phenoxy) is 1. The topological polar surface area (TPSA) is 42.4 Å². The molecule has 1 amide bonds. The number of amides is 1. The Morgan fingerprint density at radius 1 is 1.15 bits per heavy atom. The third-order valence-electron chi connectivity index (χ3n) is 5.32. The van der Waals surface area contributed by atoms with Crippen LogP contribution in [0, 0.1) is 0 Å². The first-order valence-corrected chi connectivity index (χ1v) is 9.98. The van der Waals surface area contributed by atoms with Crippen molar-refractivity contribution >= 4 is 27.5 Å². The van der Waals surface area contributed by atoms with Gasteiger partial charge in [0.2, 0.25) is 0 Å². The predicted molar refractivity (Wildman–Crippen MR) is 103 cm³/mol. The molecule has 5 rings (SSSR count). The Hall–Kier alpha value is -2.40. The highest BCUT2D eigenvalue weighted by molar-refractivity contribution is 7.18. The normalized spacial score (nSPS) is 22.2. The number of benzene rings is 2. The maximum Gasteiger partial charge on any atom is 0.264 e. The lowest BCUT2D eigenvalue weighted by molar-refractivity contribution is -0.139. The van der Waals surface area contributed by atoms with Gasteiger partial charge in [-0.15, -0.1) is 11.3 Å². The van der Waals surface area contributed by atoms with Crippen molar-refractivity contribution in [2.45, 2.75) is 31.3 Å². The van der Waals surface area contributed by atoms with Gasteiger partial charge in [-0.2, -0.15) is 0 Å². The zero-order chi connectivity index (χ0) is 17.5. The summed E-state index contributed by atoms with van der Waals surface area (Å²) < 4.78 is 7.13. The quantitative estimate of drug-likeness (QED) is 0.690. The van der Waals surface area contributed by atoms with Gasteiger partial charge >= 0.3 is 0 Å². The van der Waals surface area contributed by atoms with E-state index in [1.54, 1.807) is 11.3 Å². The van der Waals surface area contributed by atoms with Crippen molar-refractivity contribution in [3.05, 3.63) is 59.1 Å². The Morgan fingerprint density at radius 2 is 2.00 bits per heavy atom. The third-order valence-corrected chi connectivity index (χ3v) is 6.51. The van der Waals surface area contributed by atoms with Gasteiger partial charge in [0.1, 0.15) is 5.75 Å². The van der Waals surface area contributed by atoms with E-state index in [9.17, 15) is 4.79 Å². The molecule has 132 valence electrons. The summed E-state index contributed by atoms with van der Waals surface area (Å²) in [6, 6.07) is 16.2. The molecule has 1 saturated heterocycles. The molecule has 2 atom stereocenters. The van der Waals surface area contributed by atoms with E-state index < -0.39 is 0 Å². The number of hydrogen-bond acceptors (Lipinski definition) is 4. The number of likely N-dealkylation sites (tertiary alicyclic amines) is 1. The van der Waals surface area contributed by atoms with Crippen LogP contribution >= 0.6 is 11.3 Å². The third kappa shape index (κ3) is 2.76. The van der Waals surface area contributed by atoms with Crippen LogP contribution in [-0.4, -0.2) is 35.0 Å². The van der Waals surface area contributed by atoms with Gasteiger partial charge in [0.05, 0.1) is 15.2 Å². The van der Waals surface area contributed by atoms with Crippen LogP contribution < -0.4 is 4.74 Å². The predicted octanol–water partition coefficient (Wildman–Crippen LogP) is 4.01. The molecule has 2 aliphatic heterocycles. The molecule has 2 aliphatic rings. The number of para-hydroxylation sites is 2. The second-order valence-corrected chi connectivity index (χ2v) is 8.12. The Labute approximate surface area is 156 Å². The van der Waals surface area contributed by atoms with Crippen molar-refractivity contribution in [3.8, 4) is 5.75 Å². The fourth-order valence-electron chi connectivity index (χ4n) is 3.97. The van der Waals surface area contributed by atoms with Gasteiger partial charge < -0.3 is 9.64 Å². The molecule has 0 radical (unpaired) electrons. The Morgan fingerprint density at radius 3 is 2.88 bits per heavy atom. The minimum Gasteiger partial charge on any atom is -0.480 e. The summed E-state index contributed by atoms with van der Waals surface area (Å²) in [5.74, 6) is 1.30. The molecule has 0 spiro atoms. The van der Waals surface area contributed by atoms with Gasteiger partial charge in [0.25, 0.3) is 5.91 Å². The summed E-state index contributed by atoms with van der Waals surface area (Å²) in [5, 5.41) is 1.15. The lowest BCUT2D eigenvalue weighted by Crippen LogP contribution is -2.45. The monoisotopic (exact) mass is 364 g/mol. The van der Waals surface area contributed by atoms with Gasteiger partial charge in [0.15, 0.2) is 6.10 Å². The maximum absolute atomic E-state index is 13.0. The highest BCUT2D eigenvalue weighted by Gasteiger charge is 2.35. The number of nitrogens with zero attached hydrogens (tertiary/aromatic N) is 2. The van der Waals surface area contributed by atoms with E-state index >= 15 is 0 Å². The number of thiazole rings is 1. The number of rotatable bonds is 2. The molecule has 1 aromatic heterocycles. The fraction of sp³-hybridized carbons (Fsp3) is 0.333. The zero-order valence-electron chi connectivity index (χ0n) is 14.4. The number of carbonyl (C=O) groups is 1. The van der Waals surface area contributed by atoms with E-state index in [0.29, 0.717) is 12.3 Å². The van der Waals surface area contributed by atoms with Gasteiger partial charge in [-0.25, -0.2) is 4.98 Å². The zero-order valence-corrected chi connectivity index (χ0v) is 15.2. The minimum atomic E-state index is -0.374. The van der Waals surface area contributed by atoms with Gasteiger partial charge in [-0.05, 0) is 36.6 Å². The summed E-state index contributed by atoms with van der Waals surface area (Å²) in [6.45, 7) is 1.56. The van der Waals surface area contributed by atoms with Gasteiger partial charge in [-0.1, -0.05) is 30.3 Å². The van der Waals surface area contributed by atoms with Gasteiger partial charge in [-0.3, -0.25) is 4.79 Å². The summed E-state index contributed by atoms with van der Waals surface area (Å²) in [7, 11) is 0. The number of hydrogen-bond donors (Lipinski definition) is 0. The van der Waals surface area contributed by atoms with Crippen molar-refractivity contribution < 1.29 is 9.53 Å².